The SMILES string of the molecule is C[C@H](NC1(c2ccccc2C(C)(C)C)CCCCO1)C(=O)N[C@@H](CCOc1c(F)c(F)cc(F)c1F)C(=O)C(=O)O. The van der Waals surface area contributed by atoms with Crippen LogP contribution in [-0.2, 0) is 30.3 Å². The second kappa shape index (κ2) is 13.0. The molecule has 1 amide bonds. The molecule has 0 bridgehead atoms. The van der Waals surface area contributed by atoms with Gasteiger partial charge in [0.2, 0.25) is 17.5 Å². The number of carboxylic acid groups (broad SMARTS) is 1. The minimum Gasteiger partial charge on any atom is -0.487 e. The summed E-state index contributed by atoms with van der Waals surface area (Å²) in [5.74, 6) is -12.4. The van der Waals surface area contributed by atoms with E-state index in [4.69, 9.17) is 9.47 Å². The number of Topliss-reactive ketones (excluding diaryl/α,β-unsaturated/α-hetero) is 1. The molecule has 224 valence electrons. The third-order valence-corrected chi connectivity index (χ3v) is 6.85. The molecule has 2 aromatic rings. The fourth-order valence-corrected chi connectivity index (χ4v) is 4.77. The molecule has 0 spiro atoms. The Bertz CT molecular complexity index is 1260. The number of rotatable bonds is 11. The normalized spacial score (nSPS) is 18.8. The number of amides is 1. The first-order chi connectivity index (χ1) is 19.2. The monoisotopic (exact) mass is 582 g/mol. The molecule has 2 aromatic carbocycles. The average molecular weight is 583 g/mol. The highest BCUT2D eigenvalue weighted by atomic mass is 19.2. The van der Waals surface area contributed by atoms with Crippen molar-refractivity contribution < 1.29 is 46.5 Å². The summed E-state index contributed by atoms with van der Waals surface area (Å²) in [6, 6.07) is 5.04. The second-order valence-corrected chi connectivity index (χ2v) is 11.0. The third kappa shape index (κ3) is 7.42. The number of ether oxygens (including phenoxy) is 2. The standard InChI is InChI=1S/C29H34F4N2O6/c1-16(35-29(12-7-8-13-41-29)18-10-6-5-9-17(18)28(2,3)4)26(37)34-21(24(36)27(38)39)11-14-40-25-22(32)19(30)15-20(31)23(25)33/h5-6,9-10,15-16,21,35H,7-8,11-14H2,1-4H3,(H,34,37)(H,38,39)/t16-,21-,29?/m0/s1. The number of benzene rings is 2. The van der Waals surface area contributed by atoms with Crippen molar-refractivity contribution in [3.63, 3.8) is 0 Å². The van der Waals surface area contributed by atoms with Gasteiger partial charge in [0.1, 0.15) is 11.8 Å². The van der Waals surface area contributed by atoms with Crippen molar-refractivity contribution in [2.24, 2.45) is 0 Å². The molecule has 1 fully saturated rings. The van der Waals surface area contributed by atoms with Crippen LogP contribution >= 0.6 is 0 Å². The third-order valence-electron chi connectivity index (χ3n) is 6.85. The zero-order valence-corrected chi connectivity index (χ0v) is 23.3. The van der Waals surface area contributed by atoms with Gasteiger partial charge in [-0.25, -0.2) is 13.6 Å². The Morgan fingerprint density at radius 1 is 1.07 bits per heavy atom. The lowest BCUT2D eigenvalue weighted by Crippen LogP contribution is -2.58. The van der Waals surface area contributed by atoms with Gasteiger partial charge in [0.05, 0.1) is 12.6 Å². The molecule has 1 saturated heterocycles. The lowest BCUT2D eigenvalue weighted by molar-refractivity contribution is -0.151. The minimum absolute atomic E-state index is 0.00554. The molecular weight excluding hydrogens is 548 g/mol. The Morgan fingerprint density at radius 3 is 2.27 bits per heavy atom. The largest absolute Gasteiger partial charge is 0.487 e. The molecule has 8 nitrogen and oxygen atoms in total. The molecule has 1 aliphatic heterocycles. The van der Waals surface area contributed by atoms with E-state index in [0.717, 1.165) is 24.0 Å². The van der Waals surface area contributed by atoms with E-state index < -0.39 is 77.5 Å². The number of nitrogens with one attached hydrogen (secondary N) is 2. The summed E-state index contributed by atoms with van der Waals surface area (Å²) in [5.41, 5.74) is 0.571. The molecule has 0 aromatic heterocycles. The van der Waals surface area contributed by atoms with E-state index in [-0.39, 0.29) is 11.5 Å². The van der Waals surface area contributed by atoms with Gasteiger partial charge >= 0.3 is 5.97 Å². The smallest absolute Gasteiger partial charge is 0.374 e. The van der Waals surface area contributed by atoms with Crippen LogP contribution in [-0.4, -0.2) is 48.1 Å². The first-order valence-electron chi connectivity index (χ1n) is 13.2. The summed E-state index contributed by atoms with van der Waals surface area (Å²) >= 11 is 0. The molecule has 3 rings (SSSR count). The Hall–Kier alpha value is -3.51. The van der Waals surface area contributed by atoms with Crippen molar-refractivity contribution in [3.05, 3.63) is 64.7 Å². The van der Waals surface area contributed by atoms with Crippen LogP contribution in [0.15, 0.2) is 30.3 Å². The van der Waals surface area contributed by atoms with Crippen LogP contribution in [0.2, 0.25) is 0 Å². The van der Waals surface area contributed by atoms with Gasteiger partial charge in [-0.15, -0.1) is 0 Å². The fraction of sp³-hybridized carbons (Fsp3) is 0.483. The van der Waals surface area contributed by atoms with Crippen molar-refractivity contribution in [2.45, 2.75) is 76.6 Å². The van der Waals surface area contributed by atoms with Crippen LogP contribution in [0.25, 0.3) is 0 Å². The molecule has 3 N–H and O–H groups in total. The lowest BCUT2D eigenvalue weighted by Gasteiger charge is -2.43. The van der Waals surface area contributed by atoms with Gasteiger partial charge in [-0.3, -0.25) is 14.9 Å². The Kier molecular flexibility index (Phi) is 10.1. The van der Waals surface area contributed by atoms with Crippen LogP contribution in [0.1, 0.15) is 64.5 Å². The Balaban J connectivity index is 1.79. The van der Waals surface area contributed by atoms with Gasteiger partial charge in [0, 0.05) is 24.7 Å². The Morgan fingerprint density at radius 2 is 1.71 bits per heavy atom. The molecule has 41 heavy (non-hydrogen) atoms. The van der Waals surface area contributed by atoms with Crippen molar-refractivity contribution >= 4 is 17.7 Å². The molecule has 0 aliphatic carbocycles. The molecule has 1 heterocycles. The second-order valence-electron chi connectivity index (χ2n) is 11.0. The van der Waals surface area contributed by atoms with Crippen LogP contribution < -0.4 is 15.4 Å². The zero-order valence-electron chi connectivity index (χ0n) is 23.3. The minimum atomic E-state index is -1.86. The number of carbonyl (C=O) groups excluding carboxylic acids is 2. The number of hydrogen-bond acceptors (Lipinski definition) is 6. The lowest BCUT2D eigenvalue weighted by atomic mass is 9.79. The quantitative estimate of drug-likeness (QED) is 0.203. The van der Waals surface area contributed by atoms with E-state index in [9.17, 15) is 37.1 Å². The molecular formula is C29H34F4N2O6. The summed E-state index contributed by atoms with van der Waals surface area (Å²) in [5, 5.41) is 14.8. The number of halogens is 4. The number of ketones is 1. The average Bonchev–Trinajstić information content (AvgIpc) is 2.92. The summed E-state index contributed by atoms with van der Waals surface area (Å²) in [6.45, 7) is 7.38. The summed E-state index contributed by atoms with van der Waals surface area (Å²) in [6.07, 6.45) is 1.62. The van der Waals surface area contributed by atoms with Gasteiger partial charge in [0.25, 0.3) is 5.78 Å². The van der Waals surface area contributed by atoms with Gasteiger partial charge in [-0.1, -0.05) is 45.0 Å². The first-order valence-corrected chi connectivity index (χ1v) is 13.2. The van der Waals surface area contributed by atoms with Gasteiger partial charge in [-0.2, -0.15) is 8.78 Å². The van der Waals surface area contributed by atoms with Crippen molar-refractivity contribution in [2.75, 3.05) is 13.2 Å². The van der Waals surface area contributed by atoms with E-state index in [0.29, 0.717) is 13.0 Å². The predicted octanol–water partition coefficient (Wildman–Crippen LogP) is 4.48. The maximum Gasteiger partial charge on any atom is 0.374 e. The summed E-state index contributed by atoms with van der Waals surface area (Å²) < 4.78 is 65.8. The first kappa shape index (κ1) is 32.0. The van der Waals surface area contributed by atoms with Crippen LogP contribution in [0.3, 0.4) is 0 Å². The maximum absolute atomic E-state index is 13.9. The molecule has 3 atom stereocenters. The van der Waals surface area contributed by atoms with E-state index in [1.807, 2.05) is 24.3 Å². The van der Waals surface area contributed by atoms with Gasteiger partial charge in [0.15, 0.2) is 17.4 Å². The number of aliphatic carboxylic acids is 1. The number of carbonyl (C=O) groups is 3. The van der Waals surface area contributed by atoms with E-state index in [1.54, 1.807) is 0 Å². The number of carboxylic acids is 1. The molecule has 0 radical (unpaired) electrons. The highest BCUT2D eigenvalue weighted by Crippen LogP contribution is 2.39. The molecule has 12 heteroatoms. The maximum atomic E-state index is 13.9. The topological polar surface area (TPSA) is 114 Å². The van der Waals surface area contributed by atoms with Crippen LogP contribution in [0.5, 0.6) is 5.75 Å². The molecule has 1 unspecified atom stereocenters. The van der Waals surface area contributed by atoms with Gasteiger partial charge < -0.3 is 19.9 Å². The predicted molar refractivity (Wildman–Crippen MR) is 140 cm³/mol. The number of hydrogen-bond donors (Lipinski definition) is 3. The van der Waals surface area contributed by atoms with E-state index >= 15 is 0 Å². The van der Waals surface area contributed by atoms with Crippen molar-refractivity contribution in [1.29, 1.82) is 0 Å². The molecule has 1 aliphatic rings. The van der Waals surface area contributed by atoms with Gasteiger partial charge in [-0.05, 0) is 37.2 Å². The summed E-state index contributed by atoms with van der Waals surface area (Å²) in [4.78, 5) is 36.9. The van der Waals surface area contributed by atoms with Crippen molar-refractivity contribution in [3.8, 4) is 5.75 Å². The Labute approximate surface area is 235 Å². The zero-order chi connectivity index (χ0) is 30.5. The fourth-order valence-electron chi connectivity index (χ4n) is 4.77. The highest BCUT2D eigenvalue weighted by molar-refractivity contribution is 6.35. The van der Waals surface area contributed by atoms with Crippen molar-refractivity contribution in [1.82, 2.24) is 10.6 Å². The van der Waals surface area contributed by atoms with E-state index in [2.05, 4.69) is 31.4 Å². The molecule has 0 saturated carbocycles. The van der Waals surface area contributed by atoms with Crippen LogP contribution in [0, 0.1) is 23.3 Å². The van der Waals surface area contributed by atoms with E-state index in [1.165, 1.54) is 6.92 Å². The highest BCUT2D eigenvalue weighted by Gasteiger charge is 2.41. The van der Waals surface area contributed by atoms with Crippen LogP contribution in [0.4, 0.5) is 17.6 Å². The summed E-state index contributed by atoms with van der Waals surface area (Å²) in [7, 11) is 0.